The maximum absolute atomic E-state index is 12.8. The third-order valence-corrected chi connectivity index (χ3v) is 5.32. The smallest absolute Gasteiger partial charge is 0.251 e. The molecular weight excluding hydrogens is 396 g/mol. The van der Waals surface area contributed by atoms with Crippen molar-refractivity contribution >= 4 is 23.3 Å². The first-order valence-electron chi connectivity index (χ1n) is 9.90. The van der Waals surface area contributed by atoms with Gasteiger partial charge in [-0.05, 0) is 31.5 Å². The molecule has 2 aromatic carbocycles. The van der Waals surface area contributed by atoms with Gasteiger partial charge in [-0.1, -0.05) is 29.8 Å². The number of nitrogens with one attached hydrogen (secondary N) is 2. The average Bonchev–Trinajstić information content (AvgIpc) is 3.22. The zero-order valence-electron chi connectivity index (χ0n) is 17.9. The van der Waals surface area contributed by atoms with Gasteiger partial charge in [0.05, 0.1) is 32.0 Å². The largest absolute Gasteiger partial charge is 0.497 e. The molecule has 1 aromatic heterocycles. The monoisotopic (exact) mass is 420 g/mol. The summed E-state index contributed by atoms with van der Waals surface area (Å²) < 4.78 is 12.1. The number of hydrogen-bond donors (Lipinski definition) is 2. The highest BCUT2D eigenvalue weighted by Gasteiger charge is 2.36. The predicted octanol–water partition coefficient (Wildman–Crippen LogP) is 3.71. The number of carbonyl (C=O) groups excluding carboxylic acids is 2. The van der Waals surface area contributed by atoms with Crippen molar-refractivity contribution in [3.05, 3.63) is 53.7 Å². The lowest BCUT2D eigenvalue weighted by molar-refractivity contribution is -0.123. The molecule has 1 aliphatic heterocycles. The maximum Gasteiger partial charge on any atom is 0.251 e. The minimum Gasteiger partial charge on any atom is -0.497 e. The Balaban J connectivity index is 1.58. The van der Waals surface area contributed by atoms with Crippen LogP contribution < -0.4 is 20.1 Å². The molecule has 0 saturated carbocycles. The third-order valence-electron chi connectivity index (χ3n) is 5.32. The molecule has 4 rings (SSSR count). The summed E-state index contributed by atoms with van der Waals surface area (Å²) >= 11 is 0. The van der Waals surface area contributed by atoms with E-state index >= 15 is 0 Å². The normalized spacial score (nSPS) is 14.7. The van der Waals surface area contributed by atoms with Gasteiger partial charge in [0.1, 0.15) is 23.4 Å². The van der Waals surface area contributed by atoms with Crippen LogP contribution in [0.2, 0.25) is 0 Å². The van der Waals surface area contributed by atoms with Crippen LogP contribution >= 0.6 is 0 Å². The van der Waals surface area contributed by atoms with E-state index in [1.807, 2.05) is 38.1 Å². The summed E-state index contributed by atoms with van der Waals surface area (Å²) in [5.74, 6) is 1.11. The van der Waals surface area contributed by atoms with Crippen LogP contribution in [-0.4, -0.2) is 35.8 Å². The van der Waals surface area contributed by atoms with Crippen LogP contribution in [0.3, 0.4) is 0 Å². The fourth-order valence-corrected chi connectivity index (χ4v) is 3.74. The van der Waals surface area contributed by atoms with E-state index in [0.29, 0.717) is 23.0 Å². The van der Waals surface area contributed by atoms with Crippen molar-refractivity contribution in [1.82, 2.24) is 9.78 Å². The van der Waals surface area contributed by atoms with Crippen molar-refractivity contribution in [2.45, 2.75) is 26.3 Å². The van der Waals surface area contributed by atoms with Crippen LogP contribution in [0, 0.1) is 13.8 Å². The van der Waals surface area contributed by atoms with E-state index in [1.165, 1.54) is 7.11 Å². The molecule has 160 valence electrons. The summed E-state index contributed by atoms with van der Waals surface area (Å²) in [7, 11) is 3.07. The van der Waals surface area contributed by atoms with Crippen LogP contribution in [0.15, 0.2) is 42.5 Å². The van der Waals surface area contributed by atoms with Gasteiger partial charge in [0.2, 0.25) is 5.91 Å². The Morgan fingerprint density at radius 2 is 1.87 bits per heavy atom. The van der Waals surface area contributed by atoms with E-state index in [0.717, 1.165) is 22.4 Å². The topological polar surface area (TPSA) is 94.5 Å². The highest BCUT2D eigenvalue weighted by atomic mass is 16.5. The number of anilines is 2. The van der Waals surface area contributed by atoms with Gasteiger partial charge >= 0.3 is 0 Å². The van der Waals surface area contributed by atoms with Gasteiger partial charge in [0.15, 0.2) is 0 Å². The van der Waals surface area contributed by atoms with E-state index < -0.39 is 6.04 Å². The van der Waals surface area contributed by atoms with Crippen molar-refractivity contribution < 1.29 is 19.1 Å². The molecule has 1 aliphatic rings. The Morgan fingerprint density at radius 3 is 2.55 bits per heavy atom. The number of ether oxygens (including phenoxy) is 2. The van der Waals surface area contributed by atoms with Crippen molar-refractivity contribution in [2.75, 3.05) is 24.9 Å². The molecule has 31 heavy (non-hydrogen) atoms. The van der Waals surface area contributed by atoms with Crippen LogP contribution in [0.1, 0.15) is 23.7 Å². The van der Waals surface area contributed by atoms with Gasteiger partial charge in [-0.2, -0.15) is 5.10 Å². The summed E-state index contributed by atoms with van der Waals surface area (Å²) in [5, 5.41) is 10.3. The van der Waals surface area contributed by atoms with Gasteiger partial charge in [-0.3, -0.25) is 9.59 Å². The average molecular weight is 420 g/mol. The number of hydrogen-bond acceptors (Lipinski definition) is 5. The lowest BCUT2D eigenvalue weighted by Crippen LogP contribution is -2.24. The lowest BCUT2D eigenvalue weighted by Gasteiger charge is -2.13. The zero-order chi connectivity index (χ0) is 22.1. The number of fused-ring (bicyclic) bond motifs is 1. The molecule has 0 fully saturated rings. The number of rotatable bonds is 6. The minimum atomic E-state index is -0.732. The Morgan fingerprint density at radius 1 is 1.13 bits per heavy atom. The van der Waals surface area contributed by atoms with Crippen LogP contribution in [-0.2, 0) is 9.59 Å². The zero-order valence-corrected chi connectivity index (χ0v) is 17.9. The number of aryl methyl sites for hydroxylation is 2. The van der Waals surface area contributed by atoms with Gasteiger partial charge in [0, 0.05) is 11.6 Å². The first-order valence-corrected chi connectivity index (χ1v) is 9.90. The number of benzene rings is 2. The molecule has 1 unspecified atom stereocenters. The molecule has 0 spiro atoms. The van der Waals surface area contributed by atoms with E-state index in [1.54, 1.807) is 30.0 Å². The number of amides is 2. The van der Waals surface area contributed by atoms with E-state index in [4.69, 9.17) is 9.47 Å². The van der Waals surface area contributed by atoms with Gasteiger partial charge < -0.3 is 20.1 Å². The molecule has 3 aromatic rings. The first kappa shape index (κ1) is 20.5. The first-order chi connectivity index (χ1) is 14.9. The molecule has 2 N–H and O–H groups in total. The highest BCUT2D eigenvalue weighted by molar-refractivity contribution is 6.04. The molecule has 0 aliphatic carbocycles. The van der Waals surface area contributed by atoms with Crippen molar-refractivity contribution in [3.63, 3.8) is 0 Å². The summed E-state index contributed by atoms with van der Waals surface area (Å²) in [6.07, 6.45) is -0.0618. The van der Waals surface area contributed by atoms with E-state index in [9.17, 15) is 9.59 Å². The molecular formula is C23H24N4O4. The number of aromatic nitrogens is 2. The molecule has 8 heteroatoms. The highest BCUT2D eigenvalue weighted by Crippen LogP contribution is 2.38. The minimum absolute atomic E-state index is 0.0618. The fourth-order valence-electron chi connectivity index (χ4n) is 3.74. The van der Waals surface area contributed by atoms with E-state index in [-0.39, 0.29) is 18.2 Å². The van der Waals surface area contributed by atoms with Gasteiger partial charge in [0.25, 0.3) is 5.91 Å². The van der Waals surface area contributed by atoms with Gasteiger partial charge in [-0.25, -0.2) is 4.68 Å². The molecule has 0 saturated heterocycles. The Hall–Kier alpha value is -3.81. The third kappa shape index (κ3) is 3.84. The van der Waals surface area contributed by atoms with Crippen molar-refractivity contribution in [1.29, 1.82) is 0 Å². The SMILES string of the molecule is COc1ccc(OC)c(NC(=O)CC2C(=O)Nc3c(-c4ccc(C)cc4)c(C)nn32)c1. The Labute approximate surface area is 180 Å². The van der Waals surface area contributed by atoms with E-state index in [2.05, 4.69) is 15.7 Å². The second-order valence-corrected chi connectivity index (χ2v) is 7.44. The Bertz CT molecular complexity index is 1150. The quantitative estimate of drug-likeness (QED) is 0.634. The van der Waals surface area contributed by atoms with Crippen LogP contribution in [0.25, 0.3) is 11.1 Å². The fraction of sp³-hybridized carbons (Fsp3) is 0.261. The standard InChI is InChI=1S/C23H24N4O4/c1-13-5-7-15(8-6-13)21-14(2)26-27-18(23(29)25-22(21)27)12-20(28)24-17-11-16(30-3)9-10-19(17)31-4/h5-11,18H,12H2,1-4H3,(H,24,28)(H,25,29). The molecule has 1 atom stereocenters. The molecule has 2 heterocycles. The summed E-state index contributed by atoms with van der Waals surface area (Å²) in [5.41, 5.74) is 4.25. The molecule has 0 bridgehead atoms. The second-order valence-electron chi connectivity index (χ2n) is 7.44. The molecule has 0 radical (unpaired) electrons. The second kappa shape index (κ2) is 8.14. The number of nitrogens with zero attached hydrogens (tertiary/aromatic N) is 2. The van der Waals surface area contributed by atoms with Crippen LogP contribution in [0.5, 0.6) is 11.5 Å². The predicted molar refractivity (Wildman–Crippen MR) is 118 cm³/mol. The summed E-state index contributed by atoms with van der Waals surface area (Å²) in [6.45, 7) is 3.91. The number of methoxy groups -OCH3 is 2. The summed E-state index contributed by atoms with van der Waals surface area (Å²) in [4.78, 5) is 25.4. The molecule has 2 amide bonds. The van der Waals surface area contributed by atoms with Crippen molar-refractivity contribution in [2.24, 2.45) is 0 Å². The van der Waals surface area contributed by atoms with Gasteiger partial charge in [-0.15, -0.1) is 0 Å². The lowest BCUT2D eigenvalue weighted by atomic mass is 10.0. The Kier molecular flexibility index (Phi) is 5.37. The maximum atomic E-state index is 12.8. The summed E-state index contributed by atoms with van der Waals surface area (Å²) in [6, 6.07) is 12.4. The van der Waals surface area contributed by atoms with Crippen molar-refractivity contribution in [3.8, 4) is 22.6 Å². The van der Waals surface area contributed by atoms with Crippen LogP contribution in [0.4, 0.5) is 11.5 Å². The molecule has 8 nitrogen and oxygen atoms in total. The number of carbonyl (C=O) groups is 2.